The van der Waals surface area contributed by atoms with Gasteiger partial charge in [0.05, 0.1) is 38.8 Å². The predicted octanol–water partition coefficient (Wildman–Crippen LogP) is 0.461. The second-order valence-electron chi connectivity index (χ2n) is 3.76. The first-order valence-electron chi connectivity index (χ1n) is 5.89. The highest BCUT2D eigenvalue weighted by Gasteiger charge is 2.04. The molecular weight excluding hydrogens is 266 g/mol. The Morgan fingerprint density at radius 2 is 1.40 bits per heavy atom. The molecule has 0 aliphatic heterocycles. The van der Waals surface area contributed by atoms with Gasteiger partial charge in [0.2, 0.25) is 0 Å². The van der Waals surface area contributed by atoms with Gasteiger partial charge in [-0.1, -0.05) is 6.07 Å². The van der Waals surface area contributed by atoms with Crippen LogP contribution in [0.2, 0.25) is 0 Å². The summed E-state index contributed by atoms with van der Waals surface area (Å²) in [5.74, 6) is -0.884. The molecule has 0 saturated heterocycles. The Bertz CT molecular complexity index is 411. The van der Waals surface area contributed by atoms with Crippen LogP contribution in [-0.2, 0) is 41.8 Å². The lowest BCUT2D eigenvalue weighted by molar-refractivity contribution is -0.147. The molecule has 0 bridgehead atoms. The van der Waals surface area contributed by atoms with Gasteiger partial charge in [-0.2, -0.15) is 0 Å². The van der Waals surface area contributed by atoms with Crippen molar-refractivity contribution in [1.29, 1.82) is 0 Å². The molecule has 0 fully saturated rings. The maximum atomic E-state index is 10.9. The molecule has 0 aliphatic carbocycles. The molecule has 1 aromatic heterocycles. The molecule has 0 aliphatic rings. The van der Waals surface area contributed by atoms with Gasteiger partial charge in [-0.3, -0.25) is 4.98 Å². The van der Waals surface area contributed by atoms with E-state index >= 15 is 0 Å². The Morgan fingerprint density at radius 1 is 0.950 bits per heavy atom. The van der Waals surface area contributed by atoms with Crippen LogP contribution in [0.5, 0.6) is 0 Å². The maximum absolute atomic E-state index is 10.9. The summed E-state index contributed by atoms with van der Waals surface area (Å²) >= 11 is 0. The van der Waals surface area contributed by atoms with Gasteiger partial charge in [-0.15, -0.1) is 0 Å². The Labute approximate surface area is 116 Å². The molecule has 0 radical (unpaired) electrons. The molecule has 1 heterocycles. The molecule has 0 saturated carbocycles. The Morgan fingerprint density at radius 3 is 1.80 bits per heavy atom. The molecule has 110 valence electrons. The molecule has 7 heteroatoms. The zero-order valence-electron chi connectivity index (χ0n) is 11.5. The zero-order valence-corrected chi connectivity index (χ0v) is 11.5. The minimum absolute atomic E-state index is 0.124. The van der Waals surface area contributed by atoms with E-state index in [9.17, 15) is 9.59 Å². The standard InChI is InChI=1S/C13H17NO6/c1-17-12(15)8-19-6-10-4-3-5-11(14-10)7-20-9-13(16)18-2/h3-5H,6-9H2,1-2H3. The molecule has 0 amide bonds. The lowest BCUT2D eigenvalue weighted by Gasteiger charge is -2.06. The van der Waals surface area contributed by atoms with Crippen molar-refractivity contribution in [2.75, 3.05) is 27.4 Å². The SMILES string of the molecule is COC(=O)COCc1cccc(COCC(=O)OC)n1. The number of rotatable bonds is 8. The highest BCUT2D eigenvalue weighted by Crippen LogP contribution is 2.03. The lowest BCUT2D eigenvalue weighted by Crippen LogP contribution is -2.12. The van der Waals surface area contributed by atoms with Crippen molar-refractivity contribution in [3.63, 3.8) is 0 Å². The van der Waals surface area contributed by atoms with E-state index in [0.29, 0.717) is 11.4 Å². The van der Waals surface area contributed by atoms with E-state index in [0.717, 1.165) is 0 Å². The van der Waals surface area contributed by atoms with Crippen molar-refractivity contribution in [3.8, 4) is 0 Å². The molecule has 7 nitrogen and oxygen atoms in total. The van der Waals surface area contributed by atoms with Gasteiger partial charge in [0.15, 0.2) is 0 Å². The van der Waals surface area contributed by atoms with Gasteiger partial charge in [-0.25, -0.2) is 9.59 Å². The number of nitrogens with zero attached hydrogens (tertiary/aromatic N) is 1. The maximum Gasteiger partial charge on any atom is 0.331 e. The van der Waals surface area contributed by atoms with Crippen LogP contribution >= 0.6 is 0 Å². The number of hydrogen-bond donors (Lipinski definition) is 0. The van der Waals surface area contributed by atoms with Crippen LogP contribution in [0.15, 0.2) is 18.2 Å². The zero-order chi connectivity index (χ0) is 14.8. The van der Waals surface area contributed by atoms with Gasteiger partial charge in [0, 0.05) is 0 Å². The van der Waals surface area contributed by atoms with E-state index in [1.165, 1.54) is 14.2 Å². The quantitative estimate of drug-likeness (QED) is 0.641. The largest absolute Gasteiger partial charge is 0.467 e. The minimum atomic E-state index is -0.442. The van der Waals surface area contributed by atoms with Crippen LogP contribution in [0.25, 0.3) is 0 Å². The Kier molecular flexibility index (Phi) is 7.23. The van der Waals surface area contributed by atoms with Crippen LogP contribution in [-0.4, -0.2) is 44.4 Å². The molecule has 0 aromatic carbocycles. The summed E-state index contributed by atoms with van der Waals surface area (Å²) in [7, 11) is 2.59. The average molecular weight is 283 g/mol. The molecule has 0 unspecified atom stereocenters. The van der Waals surface area contributed by atoms with Crippen LogP contribution in [0, 0.1) is 0 Å². The third-order valence-corrected chi connectivity index (χ3v) is 2.26. The normalized spacial score (nSPS) is 10.1. The number of carbonyl (C=O) groups excluding carboxylic acids is 2. The summed E-state index contributed by atoms with van der Waals surface area (Å²) in [6.07, 6.45) is 0. The van der Waals surface area contributed by atoms with Gasteiger partial charge in [0.1, 0.15) is 13.2 Å². The molecule has 0 atom stereocenters. The second kappa shape index (κ2) is 9.00. The lowest BCUT2D eigenvalue weighted by atomic mass is 10.3. The van der Waals surface area contributed by atoms with Crippen molar-refractivity contribution in [3.05, 3.63) is 29.6 Å². The number of aromatic nitrogens is 1. The van der Waals surface area contributed by atoms with Gasteiger partial charge >= 0.3 is 11.9 Å². The summed E-state index contributed by atoms with van der Waals surface area (Å²) in [6, 6.07) is 5.32. The monoisotopic (exact) mass is 283 g/mol. The van der Waals surface area contributed by atoms with Crippen molar-refractivity contribution in [2.24, 2.45) is 0 Å². The molecule has 1 rings (SSSR count). The predicted molar refractivity (Wildman–Crippen MR) is 67.6 cm³/mol. The van der Waals surface area contributed by atoms with Crippen LogP contribution in [0.1, 0.15) is 11.4 Å². The smallest absolute Gasteiger partial charge is 0.331 e. The number of ether oxygens (including phenoxy) is 4. The van der Waals surface area contributed by atoms with E-state index in [2.05, 4.69) is 14.5 Å². The van der Waals surface area contributed by atoms with E-state index in [4.69, 9.17) is 9.47 Å². The first-order valence-corrected chi connectivity index (χ1v) is 5.89. The number of carbonyl (C=O) groups is 2. The molecule has 1 aromatic rings. The van der Waals surface area contributed by atoms with Crippen molar-refractivity contribution >= 4 is 11.9 Å². The van der Waals surface area contributed by atoms with Crippen LogP contribution < -0.4 is 0 Å². The molecule has 20 heavy (non-hydrogen) atoms. The third kappa shape index (κ3) is 6.26. The topological polar surface area (TPSA) is 84.0 Å². The molecule has 0 spiro atoms. The fourth-order valence-corrected chi connectivity index (χ4v) is 1.29. The Balaban J connectivity index is 2.37. The van der Waals surface area contributed by atoms with Gasteiger partial charge < -0.3 is 18.9 Å². The summed E-state index contributed by atoms with van der Waals surface area (Å²) in [6.45, 7) is 0.141. The summed E-state index contributed by atoms with van der Waals surface area (Å²) in [5, 5.41) is 0. The molecule has 0 N–H and O–H groups in total. The van der Waals surface area contributed by atoms with Gasteiger partial charge in [-0.05, 0) is 12.1 Å². The van der Waals surface area contributed by atoms with E-state index in [1.54, 1.807) is 18.2 Å². The van der Waals surface area contributed by atoms with E-state index in [-0.39, 0.29) is 26.4 Å². The minimum Gasteiger partial charge on any atom is -0.467 e. The average Bonchev–Trinajstić information content (AvgIpc) is 2.47. The highest BCUT2D eigenvalue weighted by molar-refractivity contribution is 5.70. The van der Waals surface area contributed by atoms with Crippen LogP contribution in [0.4, 0.5) is 0 Å². The Hall–Kier alpha value is -1.99. The van der Waals surface area contributed by atoms with Gasteiger partial charge in [0.25, 0.3) is 0 Å². The first-order chi connectivity index (χ1) is 9.65. The third-order valence-electron chi connectivity index (χ3n) is 2.26. The fraction of sp³-hybridized carbons (Fsp3) is 0.462. The summed E-state index contributed by atoms with van der Waals surface area (Å²) in [5.41, 5.74) is 1.32. The van der Waals surface area contributed by atoms with Crippen molar-refractivity contribution in [2.45, 2.75) is 13.2 Å². The summed E-state index contributed by atoms with van der Waals surface area (Å²) in [4.78, 5) is 26.0. The highest BCUT2D eigenvalue weighted by atomic mass is 16.6. The number of methoxy groups -OCH3 is 2. The van der Waals surface area contributed by atoms with Crippen molar-refractivity contribution in [1.82, 2.24) is 4.98 Å². The van der Waals surface area contributed by atoms with Crippen LogP contribution in [0.3, 0.4) is 0 Å². The number of hydrogen-bond acceptors (Lipinski definition) is 7. The number of pyridine rings is 1. The number of esters is 2. The fourth-order valence-electron chi connectivity index (χ4n) is 1.29. The van der Waals surface area contributed by atoms with E-state index in [1.807, 2.05) is 0 Å². The van der Waals surface area contributed by atoms with Crippen molar-refractivity contribution < 1.29 is 28.5 Å². The molecular formula is C13H17NO6. The first kappa shape index (κ1) is 16.1. The summed E-state index contributed by atoms with van der Waals surface area (Å²) < 4.78 is 19.2. The second-order valence-corrected chi connectivity index (χ2v) is 3.76. The van der Waals surface area contributed by atoms with E-state index < -0.39 is 11.9 Å².